The van der Waals surface area contributed by atoms with Crippen LogP contribution in [0.1, 0.15) is 16.1 Å². The maximum Gasteiger partial charge on any atom is 0.360 e. The highest BCUT2D eigenvalue weighted by molar-refractivity contribution is 6.32. The fourth-order valence-electron chi connectivity index (χ4n) is 2.72. The molecular weight excluding hydrogens is 399 g/mol. The van der Waals surface area contributed by atoms with Gasteiger partial charge < -0.3 is 19.9 Å². The van der Waals surface area contributed by atoms with Crippen LogP contribution >= 0.6 is 11.6 Å². The standard InChI is InChI=1S/C21H18ClFN2O4/c1-27-19-14(22)9-8-13(17(19)23)16-10-15(24)20(18(25-16)21(26)28-2)29-11-12-6-4-3-5-7-12/h3-10H,11H2,1-2H3,(H2,24,25). The van der Waals surface area contributed by atoms with Crippen molar-refractivity contribution in [2.24, 2.45) is 0 Å². The summed E-state index contributed by atoms with van der Waals surface area (Å²) < 4.78 is 30.3. The average Bonchev–Trinajstić information content (AvgIpc) is 2.73. The number of ether oxygens (including phenoxy) is 3. The monoisotopic (exact) mass is 416 g/mol. The molecule has 3 rings (SSSR count). The average molecular weight is 417 g/mol. The second-order valence-electron chi connectivity index (χ2n) is 5.98. The predicted octanol–water partition coefficient (Wildman–Crippen LogP) is 4.50. The zero-order valence-electron chi connectivity index (χ0n) is 15.7. The molecule has 8 heteroatoms. The number of nitrogens with two attached hydrogens (primary N) is 1. The maximum absolute atomic E-state index is 14.8. The molecule has 1 aromatic heterocycles. The van der Waals surface area contributed by atoms with E-state index in [1.54, 1.807) is 0 Å². The summed E-state index contributed by atoms with van der Waals surface area (Å²) in [5.41, 5.74) is 7.12. The van der Waals surface area contributed by atoms with Crippen molar-refractivity contribution in [1.82, 2.24) is 4.98 Å². The van der Waals surface area contributed by atoms with Gasteiger partial charge in [0.25, 0.3) is 0 Å². The highest BCUT2D eigenvalue weighted by Crippen LogP contribution is 2.37. The van der Waals surface area contributed by atoms with Gasteiger partial charge >= 0.3 is 5.97 Å². The fraction of sp³-hybridized carbons (Fsp3) is 0.143. The van der Waals surface area contributed by atoms with E-state index in [1.807, 2.05) is 30.3 Å². The molecule has 0 amide bonds. The Morgan fingerprint density at radius 2 is 1.86 bits per heavy atom. The number of aromatic nitrogens is 1. The number of hydrogen-bond acceptors (Lipinski definition) is 6. The van der Waals surface area contributed by atoms with E-state index < -0.39 is 11.8 Å². The third-order valence-corrected chi connectivity index (χ3v) is 4.43. The lowest BCUT2D eigenvalue weighted by molar-refractivity contribution is 0.0588. The van der Waals surface area contributed by atoms with E-state index in [1.165, 1.54) is 32.4 Å². The summed E-state index contributed by atoms with van der Waals surface area (Å²) in [6, 6.07) is 13.6. The smallest absolute Gasteiger partial charge is 0.360 e. The molecule has 29 heavy (non-hydrogen) atoms. The molecule has 0 aliphatic carbocycles. The van der Waals surface area contributed by atoms with Crippen LogP contribution in [0.3, 0.4) is 0 Å². The summed E-state index contributed by atoms with van der Waals surface area (Å²) in [6.45, 7) is 0.166. The van der Waals surface area contributed by atoms with Gasteiger partial charge in [-0.25, -0.2) is 14.2 Å². The van der Waals surface area contributed by atoms with Crippen molar-refractivity contribution in [2.75, 3.05) is 20.0 Å². The first kappa shape index (κ1) is 20.4. The molecule has 2 N–H and O–H groups in total. The largest absolute Gasteiger partial charge is 0.492 e. The topological polar surface area (TPSA) is 83.7 Å². The van der Waals surface area contributed by atoms with Gasteiger partial charge in [-0.15, -0.1) is 0 Å². The summed E-state index contributed by atoms with van der Waals surface area (Å²) in [6.07, 6.45) is 0. The lowest BCUT2D eigenvalue weighted by Crippen LogP contribution is -2.11. The molecular formula is C21H18ClFN2O4. The molecule has 150 valence electrons. The molecule has 0 aliphatic heterocycles. The van der Waals surface area contributed by atoms with Gasteiger partial charge in [-0.05, 0) is 23.8 Å². The van der Waals surface area contributed by atoms with Crippen LogP contribution in [0.25, 0.3) is 11.3 Å². The number of pyridine rings is 1. The third kappa shape index (κ3) is 4.25. The van der Waals surface area contributed by atoms with Crippen molar-refractivity contribution in [1.29, 1.82) is 0 Å². The normalized spacial score (nSPS) is 10.5. The molecule has 6 nitrogen and oxygen atoms in total. The SMILES string of the molecule is COC(=O)c1nc(-c2ccc(Cl)c(OC)c2F)cc(N)c1OCc1ccccc1. The van der Waals surface area contributed by atoms with Gasteiger partial charge in [0.05, 0.1) is 30.6 Å². The van der Waals surface area contributed by atoms with Crippen molar-refractivity contribution in [3.8, 4) is 22.8 Å². The molecule has 1 heterocycles. The zero-order valence-corrected chi connectivity index (χ0v) is 16.5. The van der Waals surface area contributed by atoms with Gasteiger partial charge in [0.1, 0.15) is 6.61 Å². The zero-order chi connectivity index (χ0) is 21.0. The summed E-state index contributed by atoms with van der Waals surface area (Å²) >= 11 is 5.95. The number of carbonyl (C=O) groups is 1. The van der Waals surface area contributed by atoms with E-state index in [-0.39, 0.29) is 45.8 Å². The van der Waals surface area contributed by atoms with Gasteiger partial charge in [-0.2, -0.15) is 0 Å². The quantitative estimate of drug-likeness (QED) is 0.596. The fourth-order valence-corrected chi connectivity index (χ4v) is 2.95. The Labute approximate surface area is 172 Å². The first-order chi connectivity index (χ1) is 14.0. The van der Waals surface area contributed by atoms with E-state index in [0.717, 1.165) is 5.56 Å². The second kappa shape index (κ2) is 8.79. The number of hydrogen-bond donors (Lipinski definition) is 1. The summed E-state index contributed by atoms with van der Waals surface area (Å²) in [7, 11) is 2.51. The minimum atomic E-state index is -0.761. The number of nitrogens with zero attached hydrogens (tertiary/aromatic N) is 1. The summed E-state index contributed by atoms with van der Waals surface area (Å²) in [5.74, 6) is -1.55. The Bertz CT molecular complexity index is 1040. The van der Waals surface area contributed by atoms with Crippen LogP contribution in [0.15, 0.2) is 48.5 Å². The van der Waals surface area contributed by atoms with Gasteiger partial charge in [0, 0.05) is 5.56 Å². The van der Waals surface area contributed by atoms with E-state index in [2.05, 4.69) is 4.98 Å². The molecule has 0 unspecified atom stereocenters. The Morgan fingerprint density at radius 1 is 1.14 bits per heavy atom. The van der Waals surface area contributed by atoms with Gasteiger partial charge in [0.15, 0.2) is 23.0 Å². The molecule has 0 saturated heterocycles. The minimum absolute atomic E-state index is 0.0609. The van der Waals surface area contributed by atoms with Crippen molar-refractivity contribution >= 4 is 23.3 Å². The third-order valence-electron chi connectivity index (χ3n) is 4.14. The number of methoxy groups -OCH3 is 2. The lowest BCUT2D eigenvalue weighted by atomic mass is 10.1. The Hall–Kier alpha value is -3.32. The molecule has 0 saturated carbocycles. The predicted molar refractivity (Wildman–Crippen MR) is 108 cm³/mol. The van der Waals surface area contributed by atoms with Gasteiger partial charge in [-0.3, -0.25) is 0 Å². The Kier molecular flexibility index (Phi) is 6.19. The van der Waals surface area contributed by atoms with E-state index in [4.69, 9.17) is 31.5 Å². The van der Waals surface area contributed by atoms with Crippen LogP contribution in [0.2, 0.25) is 5.02 Å². The van der Waals surface area contributed by atoms with Crippen molar-refractivity contribution in [2.45, 2.75) is 6.61 Å². The minimum Gasteiger partial charge on any atom is -0.492 e. The van der Waals surface area contributed by atoms with Gasteiger partial charge in [-0.1, -0.05) is 41.9 Å². The van der Waals surface area contributed by atoms with Crippen LogP contribution < -0.4 is 15.2 Å². The lowest BCUT2D eigenvalue weighted by Gasteiger charge is -2.15. The summed E-state index contributed by atoms with van der Waals surface area (Å²) in [5, 5.41) is 0.109. The highest BCUT2D eigenvalue weighted by Gasteiger charge is 2.23. The Morgan fingerprint density at radius 3 is 2.52 bits per heavy atom. The molecule has 0 atom stereocenters. The molecule has 3 aromatic rings. The van der Waals surface area contributed by atoms with E-state index in [0.29, 0.717) is 0 Å². The number of rotatable bonds is 6. The molecule has 0 radical (unpaired) electrons. The van der Waals surface area contributed by atoms with Crippen LogP contribution in [0.4, 0.5) is 10.1 Å². The first-order valence-electron chi connectivity index (χ1n) is 8.54. The molecule has 0 fully saturated rings. The number of esters is 1. The van der Waals surface area contributed by atoms with Crippen molar-refractivity contribution in [3.05, 3.63) is 70.6 Å². The van der Waals surface area contributed by atoms with Crippen LogP contribution in [0.5, 0.6) is 11.5 Å². The maximum atomic E-state index is 14.8. The molecule has 0 spiro atoms. The van der Waals surface area contributed by atoms with E-state index in [9.17, 15) is 9.18 Å². The van der Waals surface area contributed by atoms with Gasteiger partial charge in [0.2, 0.25) is 0 Å². The number of halogens is 2. The van der Waals surface area contributed by atoms with Crippen molar-refractivity contribution < 1.29 is 23.4 Å². The van der Waals surface area contributed by atoms with Crippen molar-refractivity contribution in [3.63, 3.8) is 0 Å². The number of benzene rings is 2. The number of carbonyl (C=O) groups excluding carboxylic acids is 1. The molecule has 2 aromatic carbocycles. The van der Waals surface area contributed by atoms with Crippen LogP contribution in [-0.2, 0) is 11.3 Å². The number of nitrogen functional groups attached to an aromatic ring is 1. The molecule has 0 aliphatic rings. The second-order valence-corrected chi connectivity index (χ2v) is 6.39. The van der Waals surface area contributed by atoms with E-state index >= 15 is 0 Å². The van der Waals surface area contributed by atoms with Crippen LogP contribution in [-0.4, -0.2) is 25.2 Å². The first-order valence-corrected chi connectivity index (χ1v) is 8.92. The Balaban J connectivity index is 2.06. The van der Waals surface area contributed by atoms with Crippen LogP contribution in [0, 0.1) is 5.82 Å². The number of anilines is 1. The summed E-state index contributed by atoms with van der Waals surface area (Å²) in [4.78, 5) is 16.5. The molecule has 0 bridgehead atoms. The highest BCUT2D eigenvalue weighted by atomic mass is 35.5.